The Morgan fingerprint density at radius 2 is 1.74 bits per heavy atom. The number of nitrogens with one attached hydrogen (secondary N) is 2. The van der Waals surface area contributed by atoms with Gasteiger partial charge in [0.15, 0.2) is 0 Å². The lowest BCUT2D eigenvalue weighted by atomic mass is 10.1. The quantitative estimate of drug-likeness (QED) is 0.469. The Hall–Kier alpha value is -3.42. The Morgan fingerprint density at radius 3 is 2.44 bits per heavy atom. The maximum Gasteiger partial charge on any atom is 0.247 e. The van der Waals surface area contributed by atoms with Gasteiger partial charge in [0.1, 0.15) is 11.9 Å². The van der Waals surface area contributed by atoms with Crippen LogP contribution in [-0.2, 0) is 20.8 Å². The van der Waals surface area contributed by atoms with Crippen molar-refractivity contribution in [2.45, 2.75) is 57.4 Å². The molecule has 1 heterocycles. The number of carbonyl (C=O) groups is 3. The lowest BCUT2D eigenvalue weighted by molar-refractivity contribution is -0.127. The van der Waals surface area contributed by atoms with Gasteiger partial charge in [-0.15, -0.1) is 0 Å². The summed E-state index contributed by atoms with van der Waals surface area (Å²) in [6, 6.07) is 13.2. The van der Waals surface area contributed by atoms with Crippen molar-refractivity contribution in [3.63, 3.8) is 0 Å². The first-order chi connectivity index (χ1) is 16.4. The first-order valence-electron chi connectivity index (χ1n) is 11.9. The zero-order chi connectivity index (χ0) is 24.3. The molecule has 0 aliphatic carbocycles. The summed E-state index contributed by atoms with van der Waals surface area (Å²) in [5, 5.41) is 5.50. The average Bonchev–Trinajstić information content (AvgIpc) is 2.83. The molecule has 4 N–H and O–H groups in total. The van der Waals surface area contributed by atoms with Crippen LogP contribution in [0.4, 0.5) is 15.8 Å². The highest BCUT2D eigenvalue weighted by Crippen LogP contribution is 2.29. The zero-order valence-corrected chi connectivity index (χ0v) is 19.4. The molecule has 3 rings (SSSR count). The van der Waals surface area contributed by atoms with Crippen LogP contribution in [0.25, 0.3) is 0 Å². The van der Waals surface area contributed by atoms with Gasteiger partial charge in [0.25, 0.3) is 0 Å². The van der Waals surface area contributed by atoms with Crippen LogP contribution >= 0.6 is 0 Å². The van der Waals surface area contributed by atoms with E-state index in [2.05, 4.69) is 15.5 Å². The van der Waals surface area contributed by atoms with Gasteiger partial charge in [-0.1, -0.05) is 30.3 Å². The molecule has 0 bridgehead atoms. The highest BCUT2D eigenvalue weighted by Gasteiger charge is 2.24. The monoisotopic (exact) mass is 468 g/mol. The summed E-state index contributed by atoms with van der Waals surface area (Å²) in [4.78, 5) is 39.1. The highest BCUT2D eigenvalue weighted by atomic mass is 19.1. The van der Waals surface area contributed by atoms with Crippen molar-refractivity contribution >= 4 is 29.1 Å². The molecular weight excluding hydrogens is 435 g/mol. The van der Waals surface area contributed by atoms with E-state index in [0.717, 1.165) is 50.0 Å². The van der Waals surface area contributed by atoms with Crippen molar-refractivity contribution in [1.29, 1.82) is 0 Å². The van der Waals surface area contributed by atoms with E-state index in [1.807, 2.05) is 30.3 Å². The van der Waals surface area contributed by atoms with Gasteiger partial charge in [0.2, 0.25) is 17.7 Å². The van der Waals surface area contributed by atoms with Crippen LogP contribution in [0, 0.1) is 5.82 Å². The highest BCUT2D eigenvalue weighted by molar-refractivity contribution is 5.99. The summed E-state index contributed by atoms with van der Waals surface area (Å²) in [6.45, 7) is 1.66. The predicted molar refractivity (Wildman–Crippen MR) is 131 cm³/mol. The molecule has 34 heavy (non-hydrogen) atoms. The van der Waals surface area contributed by atoms with E-state index in [1.165, 1.54) is 12.1 Å². The Labute approximate surface area is 199 Å². The van der Waals surface area contributed by atoms with E-state index in [0.29, 0.717) is 12.1 Å². The van der Waals surface area contributed by atoms with Crippen molar-refractivity contribution in [3.8, 4) is 0 Å². The molecule has 0 saturated carbocycles. The van der Waals surface area contributed by atoms with Crippen LogP contribution in [0.3, 0.4) is 0 Å². The Balaban J connectivity index is 1.64. The van der Waals surface area contributed by atoms with Gasteiger partial charge in [-0.2, -0.15) is 0 Å². The predicted octanol–water partition coefficient (Wildman–Crippen LogP) is 3.53. The molecule has 1 fully saturated rings. The summed E-state index contributed by atoms with van der Waals surface area (Å²) < 4.78 is 14.0. The molecule has 8 heteroatoms. The number of aryl methyl sites for hydroxylation is 1. The van der Waals surface area contributed by atoms with Crippen LogP contribution in [0.1, 0.15) is 50.5 Å². The third kappa shape index (κ3) is 7.86. The van der Waals surface area contributed by atoms with Crippen molar-refractivity contribution in [3.05, 3.63) is 59.9 Å². The lowest BCUT2D eigenvalue weighted by Crippen LogP contribution is -2.44. The number of hydrogen-bond donors (Lipinski definition) is 3. The Bertz CT molecular complexity index is 977. The maximum atomic E-state index is 14.0. The fraction of sp³-hybridized carbons (Fsp3) is 0.423. The second kappa shape index (κ2) is 12.7. The largest absolute Gasteiger partial charge is 0.370 e. The molecule has 1 unspecified atom stereocenters. The minimum absolute atomic E-state index is 0.0511. The minimum Gasteiger partial charge on any atom is -0.370 e. The normalized spacial score (nSPS) is 14.3. The van der Waals surface area contributed by atoms with Gasteiger partial charge in [0, 0.05) is 25.9 Å². The number of amides is 3. The minimum atomic E-state index is -0.950. The van der Waals surface area contributed by atoms with Gasteiger partial charge < -0.3 is 21.3 Å². The first-order valence-corrected chi connectivity index (χ1v) is 11.9. The number of nitrogens with zero attached hydrogens (tertiary/aromatic N) is 1. The smallest absolute Gasteiger partial charge is 0.247 e. The number of primary amides is 1. The fourth-order valence-corrected chi connectivity index (χ4v) is 4.16. The molecule has 1 aliphatic rings. The Morgan fingerprint density at radius 1 is 1.00 bits per heavy atom. The number of halogens is 1. The summed E-state index contributed by atoms with van der Waals surface area (Å²) in [7, 11) is 0. The average molecular weight is 469 g/mol. The third-order valence-electron chi connectivity index (χ3n) is 5.96. The summed E-state index contributed by atoms with van der Waals surface area (Å²) >= 11 is 0. The molecule has 0 aromatic heterocycles. The van der Waals surface area contributed by atoms with Gasteiger partial charge >= 0.3 is 0 Å². The molecule has 2 aromatic rings. The van der Waals surface area contributed by atoms with E-state index < -0.39 is 23.7 Å². The molecule has 0 spiro atoms. The number of nitrogens with two attached hydrogens (primary N) is 1. The number of piperidine rings is 1. The van der Waals surface area contributed by atoms with Gasteiger partial charge in [-0.25, -0.2) is 4.39 Å². The number of hydrogen-bond acceptors (Lipinski definition) is 4. The maximum absolute atomic E-state index is 14.0. The van der Waals surface area contributed by atoms with Crippen molar-refractivity contribution in [2.75, 3.05) is 23.3 Å². The second-order valence-corrected chi connectivity index (χ2v) is 8.66. The number of rotatable bonds is 11. The van der Waals surface area contributed by atoms with Crippen LogP contribution < -0.4 is 21.3 Å². The van der Waals surface area contributed by atoms with Crippen molar-refractivity contribution < 1.29 is 18.8 Å². The van der Waals surface area contributed by atoms with Crippen LogP contribution in [0.2, 0.25) is 0 Å². The summed E-state index contributed by atoms with van der Waals surface area (Å²) in [5.74, 6) is -1.80. The van der Waals surface area contributed by atoms with E-state index in [-0.39, 0.29) is 25.2 Å². The summed E-state index contributed by atoms with van der Waals surface area (Å²) in [6.07, 6.45) is 4.84. The fourth-order valence-electron chi connectivity index (χ4n) is 4.16. The molecular formula is C26H33FN4O3. The van der Waals surface area contributed by atoms with E-state index in [9.17, 15) is 18.8 Å². The van der Waals surface area contributed by atoms with Crippen molar-refractivity contribution in [1.82, 2.24) is 5.32 Å². The van der Waals surface area contributed by atoms with Gasteiger partial charge in [0.05, 0.1) is 11.4 Å². The standard InChI is InChI=1S/C26H33FN4O3/c27-20-12-14-23(31-16-5-2-6-17-31)22(18-20)30-26(34)21(13-15-24(28)32)29-25(33)11-7-10-19-8-3-1-4-9-19/h1,3-4,8-9,12,14,18,21H,2,5-7,10-11,13,15-17H2,(H2,28,32)(H,29,33)(H,30,34). The van der Waals surface area contributed by atoms with E-state index >= 15 is 0 Å². The van der Waals surface area contributed by atoms with Crippen LogP contribution in [0.15, 0.2) is 48.5 Å². The molecule has 182 valence electrons. The van der Waals surface area contributed by atoms with Gasteiger partial charge in [-0.05, 0) is 62.3 Å². The van der Waals surface area contributed by atoms with E-state index in [4.69, 9.17) is 5.73 Å². The van der Waals surface area contributed by atoms with Crippen molar-refractivity contribution in [2.24, 2.45) is 5.73 Å². The zero-order valence-electron chi connectivity index (χ0n) is 19.4. The Kier molecular flexibility index (Phi) is 9.43. The molecule has 1 aliphatic heterocycles. The lowest BCUT2D eigenvalue weighted by Gasteiger charge is -2.31. The second-order valence-electron chi connectivity index (χ2n) is 8.66. The molecule has 2 aromatic carbocycles. The number of benzene rings is 2. The number of carbonyl (C=O) groups excluding carboxylic acids is 3. The third-order valence-corrected chi connectivity index (χ3v) is 5.96. The first kappa shape index (κ1) is 25.2. The molecule has 0 radical (unpaired) electrons. The SMILES string of the molecule is NC(=O)CCC(NC(=O)CCCc1ccccc1)C(=O)Nc1cc(F)ccc1N1CCCCC1. The van der Waals surface area contributed by atoms with E-state index in [1.54, 1.807) is 6.07 Å². The number of anilines is 2. The topological polar surface area (TPSA) is 105 Å². The molecule has 1 saturated heterocycles. The molecule has 3 amide bonds. The van der Waals surface area contributed by atoms with Gasteiger partial charge in [-0.3, -0.25) is 14.4 Å². The summed E-state index contributed by atoms with van der Waals surface area (Å²) in [5.41, 5.74) is 7.51. The molecule has 7 nitrogen and oxygen atoms in total. The van der Waals surface area contributed by atoms with Crippen LogP contribution in [0.5, 0.6) is 0 Å². The van der Waals surface area contributed by atoms with Crippen LogP contribution in [-0.4, -0.2) is 36.9 Å². The molecule has 1 atom stereocenters.